The SMILES string of the molecule is O=C(NO)c1cc2c(cn1)ncn2Cc1ccc(F)cc1F. The number of fused-ring (bicyclic) bond motifs is 1. The van der Waals surface area contributed by atoms with Gasteiger partial charge in [0.05, 0.1) is 24.6 Å². The van der Waals surface area contributed by atoms with E-state index in [1.807, 2.05) is 0 Å². The zero-order valence-electron chi connectivity index (χ0n) is 11.1. The summed E-state index contributed by atoms with van der Waals surface area (Å²) in [6.45, 7) is 0.118. The van der Waals surface area contributed by atoms with E-state index in [1.165, 1.54) is 36.2 Å². The molecule has 8 heteroatoms. The average molecular weight is 304 g/mol. The van der Waals surface area contributed by atoms with Crippen molar-refractivity contribution in [2.75, 3.05) is 0 Å². The van der Waals surface area contributed by atoms with Crippen LogP contribution in [0.5, 0.6) is 0 Å². The van der Waals surface area contributed by atoms with Crippen molar-refractivity contribution in [3.8, 4) is 0 Å². The predicted octanol–water partition coefficient (Wildman–Crippen LogP) is 1.88. The zero-order chi connectivity index (χ0) is 15.7. The van der Waals surface area contributed by atoms with Crippen LogP contribution in [0.25, 0.3) is 11.0 Å². The van der Waals surface area contributed by atoms with Crippen molar-refractivity contribution < 1.29 is 18.8 Å². The normalized spacial score (nSPS) is 10.9. The van der Waals surface area contributed by atoms with Crippen LogP contribution in [0.1, 0.15) is 16.1 Å². The molecule has 0 saturated heterocycles. The van der Waals surface area contributed by atoms with Crippen LogP contribution in [-0.4, -0.2) is 25.6 Å². The van der Waals surface area contributed by atoms with Gasteiger partial charge < -0.3 is 4.57 Å². The van der Waals surface area contributed by atoms with E-state index in [-0.39, 0.29) is 17.8 Å². The van der Waals surface area contributed by atoms with Gasteiger partial charge in [-0.2, -0.15) is 0 Å². The second-order valence-electron chi connectivity index (χ2n) is 4.61. The van der Waals surface area contributed by atoms with E-state index >= 15 is 0 Å². The van der Waals surface area contributed by atoms with Gasteiger partial charge in [0.25, 0.3) is 5.91 Å². The van der Waals surface area contributed by atoms with Gasteiger partial charge in [0.15, 0.2) is 0 Å². The van der Waals surface area contributed by atoms with Crippen molar-refractivity contribution in [2.45, 2.75) is 6.54 Å². The van der Waals surface area contributed by atoms with Gasteiger partial charge >= 0.3 is 0 Å². The van der Waals surface area contributed by atoms with Crippen LogP contribution in [0.4, 0.5) is 8.78 Å². The van der Waals surface area contributed by atoms with Gasteiger partial charge in [-0.1, -0.05) is 6.07 Å². The first-order chi connectivity index (χ1) is 10.6. The van der Waals surface area contributed by atoms with Gasteiger partial charge in [0.2, 0.25) is 0 Å². The molecular formula is C14H10F2N4O2. The monoisotopic (exact) mass is 304 g/mol. The molecule has 1 amide bonds. The second kappa shape index (κ2) is 5.49. The van der Waals surface area contributed by atoms with E-state index in [2.05, 4.69) is 9.97 Å². The summed E-state index contributed by atoms with van der Waals surface area (Å²) in [5.74, 6) is -2.07. The highest BCUT2D eigenvalue weighted by Crippen LogP contribution is 2.17. The summed E-state index contributed by atoms with van der Waals surface area (Å²) < 4.78 is 28.2. The van der Waals surface area contributed by atoms with E-state index in [4.69, 9.17) is 5.21 Å². The largest absolute Gasteiger partial charge is 0.326 e. The molecule has 1 aromatic carbocycles. The second-order valence-corrected chi connectivity index (χ2v) is 4.61. The van der Waals surface area contributed by atoms with Gasteiger partial charge in [0.1, 0.15) is 22.8 Å². The lowest BCUT2D eigenvalue weighted by atomic mass is 10.2. The molecule has 0 bridgehead atoms. The lowest BCUT2D eigenvalue weighted by molar-refractivity contribution is 0.0701. The van der Waals surface area contributed by atoms with Gasteiger partial charge in [-0.25, -0.2) is 24.2 Å². The Balaban J connectivity index is 2.01. The standard InChI is InChI=1S/C14H10F2N4O2/c15-9-2-1-8(10(16)3-9)6-20-7-18-12-5-17-11(4-13(12)20)14(21)19-22/h1-5,7,22H,6H2,(H,19,21). The number of aromatic nitrogens is 3. The van der Waals surface area contributed by atoms with E-state index in [1.54, 1.807) is 4.57 Å². The van der Waals surface area contributed by atoms with E-state index in [0.717, 1.165) is 6.07 Å². The third-order valence-electron chi connectivity index (χ3n) is 3.20. The number of nitrogens with zero attached hydrogens (tertiary/aromatic N) is 3. The summed E-state index contributed by atoms with van der Waals surface area (Å²) in [6, 6.07) is 4.75. The molecule has 0 aliphatic carbocycles. The van der Waals surface area contributed by atoms with E-state index in [0.29, 0.717) is 11.0 Å². The maximum absolute atomic E-state index is 13.7. The number of pyridine rings is 1. The fourth-order valence-electron chi connectivity index (χ4n) is 2.10. The van der Waals surface area contributed by atoms with Crippen LogP contribution in [0.15, 0.2) is 36.8 Å². The molecule has 22 heavy (non-hydrogen) atoms. The molecule has 3 rings (SSSR count). The Bertz CT molecular complexity index is 863. The van der Waals surface area contributed by atoms with Crippen molar-refractivity contribution in [2.24, 2.45) is 0 Å². The van der Waals surface area contributed by atoms with Crippen molar-refractivity contribution in [1.82, 2.24) is 20.0 Å². The molecule has 112 valence electrons. The van der Waals surface area contributed by atoms with Crippen LogP contribution in [0.2, 0.25) is 0 Å². The lowest BCUT2D eigenvalue weighted by Gasteiger charge is -2.06. The number of amides is 1. The minimum absolute atomic E-state index is 0.00340. The zero-order valence-corrected chi connectivity index (χ0v) is 11.1. The highest BCUT2D eigenvalue weighted by atomic mass is 19.1. The Hall–Kier alpha value is -2.87. The minimum Gasteiger partial charge on any atom is -0.326 e. The van der Waals surface area contributed by atoms with E-state index in [9.17, 15) is 13.6 Å². The summed E-state index contributed by atoms with van der Waals surface area (Å²) in [5, 5.41) is 8.63. The molecule has 0 atom stereocenters. The van der Waals surface area contributed by atoms with Gasteiger partial charge in [-0.15, -0.1) is 0 Å². The van der Waals surface area contributed by atoms with Crippen molar-refractivity contribution >= 4 is 16.9 Å². The molecule has 6 nitrogen and oxygen atoms in total. The summed E-state index contributed by atoms with van der Waals surface area (Å²) in [7, 11) is 0. The maximum Gasteiger partial charge on any atom is 0.293 e. The Kier molecular flexibility index (Phi) is 3.51. The van der Waals surface area contributed by atoms with Crippen LogP contribution in [0, 0.1) is 11.6 Å². The number of benzene rings is 1. The van der Waals surface area contributed by atoms with Crippen LogP contribution in [-0.2, 0) is 6.54 Å². The number of hydrogen-bond donors (Lipinski definition) is 2. The quantitative estimate of drug-likeness (QED) is 0.572. The number of hydrogen-bond acceptors (Lipinski definition) is 4. The number of rotatable bonds is 3. The fraction of sp³-hybridized carbons (Fsp3) is 0.0714. The Labute approximate surface area is 123 Å². The molecule has 2 aromatic heterocycles. The first-order valence-corrected chi connectivity index (χ1v) is 6.27. The number of imidazole rings is 1. The Morgan fingerprint density at radius 2 is 2.09 bits per heavy atom. The summed E-state index contributed by atoms with van der Waals surface area (Å²) >= 11 is 0. The summed E-state index contributed by atoms with van der Waals surface area (Å²) in [4.78, 5) is 19.3. The molecule has 0 aliphatic rings. The summed E-state index contributed by atoms with van der Waals surface area (Å²) in [5.41, 5.74) is 2.82. The average Bonchev–Trinajstić information content (AvgIpc) is 2.91. The number of nitrogens with one attached hydrogen (secondary N) is 1. The van der Waals surface area contributed by atoms with Crippen LogP contribution in [0.3, 0.4) is 0 Å². The Morgan fingerprint density at radius 1 is 1.27 bits per heavy atom. The van der Waals surface area contributed by atoms with Crippen LogP contribution < -0.4 is 5.48 Å². The van der Waals surface area contributed by atoms with Gasteiger partial charge in [0, 0.05) is 11.6 Å². The molecule has 2 N–H and O–H groups in total. The molecule has 0 saturated carbocycles. The molecule has 0 spiro atoms. The third-order valence-corrected chi connectivity index (χ3v) is 3.20. The molecule has 2 heterocycles. The fourth-order valence-corrected chi connectivity index (χ4v) is 2.10. The van der Waals surface area contributed by atoms with Crippen molar-refractivity contribution in [3.63, 3.8) is 0 Å². The number of hydroxylamine groups is 1. The molecule has 0 fully saturated rings. The Morgan fingerprint density at radius 3 is 2.82 bits per heavy atom. The first-order valence-electron chi connectivity index (χ1n) is 6.27. The predicted molar refractivity (Wildman–Crippen MR) is 72.2 cm³/mol. The minimum atomic E-state index is -0.761. The van der Waals surface area contributed by atoms with E-state index < -0.39 is 17.5 Å². The first kappa shape index (κ1) is 14.1. The molecule has 0 aliphatic heterocycles. The van der Waals surface area contributed by atoms with Crippen LogP contribution >= 0.6 is 0 Å². The van der Waals surface area contributed by atoms with Crippen molar-refractivity contribution in [3.05, 3.63) is 59.7 Å². The maximum atomic E-state index is 13.7. The van der Waals surface area contributed by atoms with Gasteiger partial charge in [-0.3, -0.25) is 10.0 Å². The number of carbonyl (C=O) groups excluding carboxylic acids is 1. The topological polar surface area (TPSA) is 80.0 Å². The lowest BCUT2D eigenvalue weighted by Crippen LogP contribution is -2.19. The molecule has 0 radical (unpaired) electrons. The summed E-state index contributed by atoms with van der Waals surface area (Å²) in [6.07, 6.45) is 2.84. The van der Waals surface area contributed by atoms with Crippen molar-refractivity contribution in [1.29, 1.82) is 0 Å². The highest BCUT2D eigenvalue weighted by molar-refractivity contribution is 5.94. The number of halogens is 2. The number of carbonyl (C=O) groups is 1. The third kappa shape index (κ3) is 2.51. The van der Waals surface area contributed by atoms with Gasteiger partial charge in [-0.05, 0) is 12.1 Å². The smallest absolute Gasteiger partial charge is 0.293 e. The molecule has 3 aromatic rings. The highest BCUT2D eigenvalue weighted by Gasteiger charge is 2.12. The molecule has 0 unspecified atom stereocenters. The molecular weight excluding hydrogens is 294 g/mol.